The third-order valence-electron chi connectivity index (χ3n) is 5.90. The Morgan fingerprint density at radius 2 is 1.87 bits per heavy atom. The van der Waals surface area contributed by atoms with Gasteiger partial charge in [0.15, 0.2) is 0 Å². The normalized spacial score (nSPS) is 15.4. The summed E-state index contributed by atoms with van der Waals surface area (Å²) in [6.07, 6.45) is 5.85. The average molecular weight is 487 g/mol. The van der Waals surface area contributed by atoms with Gasteiger partial charge in [0.1, 0.15) is 11.6 Å². The lowest BCUT2D eigenvalue weighted by Gasteiger charge is -2.29. The Kier molecular flexibility index (Phi) is 6.46. The maximum atomic E-state index is 13.0. The van der Waals surface area contributed by atoms with Crippen molar-refractivity contribution >= 4 is 44.3 Å². The summed E-state index contributed by atoms with van der Waals surface area (Å²) in [5, 5.41) is 2.82. The molecule has 1 atom stereocenters. The van der Waals surface area contributed by atoms with Gasteiger partial charge in [0, 0.05) is 36.7 Å². The molecule has 1 aliphatic rings. The van der Waals surface area contributed by atoms with E-state index >= 15 is 0 Å². The number of rotatable bonds is 6. The molecule has 0 saturated carbocycles. The summed E-state index contributed by atoms with van der Waals surface area (Å²) in [5.41, 5.74) is 2.29. The van der Waals surface area contributed by atoms with Crippen LogP contribution in [0.25, 0.3) is 16.6 Å². The molecule has 1 aliphatic heterocycles. The second-order valence-electron chi connectivity index (χ2n) is 8.13. The van der Waals surface area contributed by atoms with Crippen LogP contribution in [0.2, 0.25) is 0 Å². The van der Waals surface area contributed by atoms with Crippen molar-refractivity contribution in [3.05, 3.63) is 51.4 Å². The maximum Gasteiger partial charge on any atom is 0.275 e. The van der Waals surface area contributed by atoms with E-state index in [1.165, 1.54) is 0 Å². The predicted molar refractivity (Wildman–Crippen MR) is 124 cm³/mol. The van der Waals surface area contributed by atoms with Crippen molar-refractivity contribution in [3.63, 3.8) is 0 Å². The number of amides is 2. The molecule has 164 valence electrons. The number of aryl methyl sites for hydroxylation is 1. The first-order valence-electron chi connectivity index (χ1n) is 10.8. The summed E-state index contributed by atoms with van der Waals surface area (Å²) in [6.45, 7) is 3.71. The third kappa shape index (κ3) is 4.54. The molecule has 31 heavy (non-hydrogen) atoms. The molecule has 1 fully saturated rings. The van der Waals surface area contributed by atoms with Crippen LogP contribution in [0.1, 0.15) is 39.0 Å². The maximum absolute atomic E-state index is 13.0. The Bertz CT molecular complexity index is 1180. The Labute approximate surface area is 189 Å². The third-order valence-corrected chi connectivity index (χ3v) is 6.40. The molecule has 1 N–H and O–H groups in total. The van der Waals surface area contributed by atoms with Crippen LogP contribution in [-0.2, 0) is 16.1 Å². The minimum absolute atomic E-state index is 0.0150. The van der Waals surface area contributed by atoms with Crippen molar-refractivity contribution in [2.75, 3.05) is 13.1 Å². The Morgan fingerprint density at radius 1 is 1.10 bits per heavy atom. The highest BCUT2D eigenvalue weighted by atomic mass is 79.9. The summed E-state index contributed by atoms with van der Waals surface area (Å²) >= 11 is 3.49. The minimum Gasteiger partial charge on any atom is -0.345 e. The van der Waals surface area contributed by atoms with Gasteiger partial charge in [-0.15, -0.1) is 0 Å². The van der Waals surface area contributed by atoms with Crippen LogP contribution in [-0.4, -0.2) is 44.8 Å². The van der Waals surface area contributed by atoms with Crippen molar-refractivity contribution in [2.45, 2.75) is 51.6 Å². The molecule has 0 aliphatic carbocycles. The Hall–Kier alpha value is -2.61. The van der Waals surface area contributed by atoms with Gasteiger partial charge in [-0.25, -0.2) is 0 Å². The molecule has 3 heterocycles. The van der Waals surface area contributed by atoms with Gasteiger partial charge >= 0.3 is 0 Å². The quantitative estimate of drug-likeness (QED) is 0.580. The minimum atomic E-state index is -0.526. The summed E-state index contributed by atoms with van der Waals surface area (Å²) in [4.78, 5) is 39.8. The second kappa shape index (κ2) is 9.26. The van der Waals surface area contributed by atoms with Crippen molar-refractivity contribution < 1.29 is 9.59 Å². The first-order valence-corrected chi connectivity index (χ1v) is 11.6. The van der Waals surface area contributed by atoms with Gasteiger partial charge in [-0.3, -0.25) is 14.4 Å². The molecule has 7 nitrogen and oxygen atoms in total. The van der Waals surface area contributed by atoms with Crippen LogP contribution in [0.5, 0.6) is 0 Å². The van der Waals surface area contributed by atoms with Gasteiger partial charge < -0.3 is 19.2 Å². The predicted octanol–water partition coefficient (Wildman–Crippen LogP) is 3.31. The Morgan fingerprint density at radius 3 is 2.65 bits per heavy atom. The van der Waals surface area contributed by atoms with Gasteiger partial charge in [-0.2, -0.15) is 0 Å². The van der Waals surface area contributed by atoms with Crippen molar-refractivity contribution in [1.82, 2.24) is 19.2 Å². The van der Waals surface area contributed by atoms with Crippen molar-refractivity contribution in [1.29, 1.82) is 0 Å². The van der Waals surface area contributed by atoms with Gasteiger partial charge in [-0.1, -0.05) is 15.9 Å². The molecule has 1 aromatic carbocycles. The lowest BCUT2D eigenvalue weighted by molar-refractivity contribution is -0.136. The number of likely N-dealkylation sites (tertiary alicyclic amines) is 1. The molecule has 1 unspecified atom stereocenters. The summed E-state index contributed by atoms with van der Waals surface area (Å²) < 4.78 is 4.51. The van der Waals surface area contributed by atoms with E-state index in [4.69, 9.17) is 0 Å². The highest BCUT2D eigenvalue weighted by Gasteiger charge is 2.23. The second-order valence-corrected chi connectivity index (χ2v) is 9.05. The molecule has 2 amide bonds. The molecule has 1 saturated heterocycles. The monoisotopic (exact) mass is 486 g/mol. The van der Waals surface area contributed by atoms with Crippen molar-refractivity contribution in [3.8, 4) is 0 Å². The number of carbonyl (C=O) groups is 2. The molecular weight excluding hydrogens is 460 g/mol. The van der Waals surface area contributed by atoms with E-state index in [0.29, 0.717) is 18.5 Å². The number of hydrogen-bond donors (Lipinski definition) is 1. The van der Waals surface area contributed by atoms with Crippen LogP contribution in [0.4, 0.5) is 0 Å². The number of benzene rings is 1. The number of fused-ring (bicyclic) bond motifs is 3. The fourth-order valence-electron chi connectivity index (χ4n) is 4.31. The average Bonchev–Trinajstić information content (AvgIpc) is 3.26. The van der Waals surface area contributed by atoms with Gasteiger partial charge in [-0.05, 0) is 62.9 Å². The van der Waals surface area contributed by atoms with E-state index in [2.05, 4.69) is 21.2 Å². The van der Waals surface area contributed by atoms with E-state index < -0.39 is 6.04 Å². The molecule has 2 aromatic heterocycles. The van der Waals surface area contributed by atoms with E-state index in [-0.39, 0.29) is 23.8 Å². The number of nitrogens with one attached hydrogen (secondary N) is 1. The topological polar surface area (TPSA) is 75.8 Å². The van der Waals surface area contributed by atoms with E-state index in [1.807, 2.05) is 39.8 Å². The SMILES string of the molecule is CC(NC(=O)CCCn1c(=O)c2cccn2c2ccc(Br)cc21)C(=O)N1CCCCC1. The smallest absolute Gasteiger partial charge is 0.275 e. The standard InChI is InChI=1S/C23H27BrN4O3/c1-16(22(30)26-11-3-2-4-12-26)25-21(29)8-6-14-28-20-15-17(24)9-10-18(20)27-13-5-7-19(27)23(28)31/h5,7,9-10,13,15-16H,2-4,6,8,11-12,14H2,1H3,(H,25,29). The fraction of sp³-hybridized carbons (Fsp3) is 0.435. The highest BCUT2D eigenvalue weighted by molar-refractivity contribution is 9.10. The molecule has 8 heteroatoms. The zero-order chi connectivity index (χ0) is 22.0. The molecule has 3 aromatic rings. The Balaban J connectivity index is 1.42. The molecule has 4 rings (SSSR count). The number of halogens is 1. The summed E-state index contributed by atoms with van der Waals surface area (Å²) in [7, 11) is 0. The van der Waals surface area contributed by atoms with E-state index in [0.717, 1.165) is 47.9 Å². The lowest BCUT2D eigenvalue weighted by Crippen LogP contribution is -2.48. The van der Waals surface area contributed by atoms with Gasteiger partial charge in [0.2, 0.25) is 11.8 Å². The summed E-state index contributed by atoms with van der Waals surface area (Å²) in [5.74, 6) is -0.182. The lowest BCUT2D eigenvalue weighted by atomic mass is 10.1. The molecular formula is C23H27BrN4O3. The van der Waals surface area contributed by atoms with Crippen LogP contribution in [0.3, 0.4) is 0 Å². The first-order chi connectivity index (χ1) is 15.0. The zero-order valence-electron chi connectivity index (χ0n) is 17.6. The summed E-state index contributed by atoms with van der Waals surface area (Å²) in [6, 6.07) is 8.99. The van der Waals surface area contributed by atoms with Crippen molar-refractivity contribution in [2.24, 2.45) is 0 Å². The first kappa shape index (κ1) is 21.6. The van der Waals surface area contributed by atoms with Gasteiger partial charge in [0.25, 0.3) is 5.56 Å². The highest BCUT2D eigenvalue weighted by Crippen LogP contribution is 2.20. The molecule has 0 bridgehead atoms. The fourth-order valence-corrected chi connectivity index (χ4v) is 4.66. The number of aromatic nitrogens is 2. The van der Waals surface area contributed by atoms with Crippen LogP contribution >= 0.6 is 15.9 Å². The van der Waals surface area contributed by atoms with Crippen LogP contribution in [0.15, 0.2) is 45.8 Å². The number of carbonyl (C=O) groups excluding carboxylic acids is 2. The van der Waals surface area contributed by atoms with E-state index in [1.54, 1.807) is 17.6 Å². The van der Waals surface area contributed by atoms with Crippen LogP contribution < -0.4 is 10.9 Å². The van der Waals surface area contributed by atoms with Crippen LogP contribution in [0, 0.1) is 0 Å². The van der Waals surface area contributed by atoms with E-state index in [9.17, 15) is 14.4 Å². The molecule has 0 radical (unpaired) electrons. The number of hydrogen-bond acceptors (Lipinski definition) is 3. The number of piperidine rings is 1. The number of nitrogens with zero attached hydrogens (tertiary/aromatic N) is 3. The van der Waals surface area contributed by atoms with Gasteiger partial charge in [0.05, 0.1) is 11.0 Å². The largest absolute Gasteiger partial charge is 0.345 e. The molecule has 0 spiro atoms. The zero-order valence-corrected chi connectivity index (χ0v) is 19.2.